The topological polar surface area (TPSA) is 149 Å². The van der Waals surface area contributed by atoms with E-state index in [1.807, 2.05) is 0 Å². The van der Waals surface area contributed by atoms with Crippen LogP contribution in [0.2, 0.25) is 0 Å². The predicted molar refractivity (Wildman–Crippen MR) is 112 cm³/mol. The summed E-state index contributed by atoms with van der Waals surface area (Å²) in [5.41, 5.74) is 1.74. The van der Waals surface area contributed by atoms with Gasteiger partial charge in [-0.15, -0.1) is 10.2 Å². The maximum Gasteiger partial charge on any atom is 0.286 e. The van der Waals surface area contributed by atoms with E-state index in [0.29, 0.717) is 22.9 Å². The third-order valence-corrected chi connectivity index (χ3v) is 4.89. The lowest BCUT2D eigenvalue weighted by atomic mass is 10.2. The van der Waals surface area contributed by atoms with Crippen molar-refractivity contribution >= 4 is 11.4 Å². The number of rotatable bonds is 7. The van der Waals surface area contributed by atoms with Crippen LogP contribution in [0.25, 0.3) is 11.4 Å². The molecule has 2 heterocycles. The van der Waals surface area contributed by atoms with E-state index in [-0.39, 0.29) is 22.8 Å². The Morgan fingerprint density at radius 3 is 1.38 bits per heavy atom. The summed E-state index contributed by atoms with van der Waals surface area (Å²) in [6.07, 6.45) is 0. The molecule has 4 rings (SSSR count). The molecule has 0 saturated carbocycles. The first-order chi connectivity index (χ1) is 16.4. The molecule has 0 atom stereocenters. The summed E-state index contributed by atoms with van der Waals surface area (Å²) < 4.78 is 22.6. The number of ether oxygens (including phenoxy) is 2. The summed E-state index contributed by atoms with van der Waals surface area (Å²) in [4.78, 5) is 0. The molecule has 0 aliphatic rings. The minimum atomic E-state index is -0.687. The highest BCUT2D eigenvalue weighted by Gasteiger charge is 2.25. The first-order valence-corrected chi connectivity index (χ1v) is 9.99. The monoisotopic (exact) mass is 464 g/mol. The van der Waals surface area contributed by atoms with Gasteiger partial charge in [-0.05, 0) is 47.5 Å². The van der Waals surface area contributed by atoms with Crippen LogP contribution in [0.3, 0.4) is 0 Å². The van der Waals surface area contributed by atoms with Gasteiger partial charge in [0.1, 0.15) is 22.9 Å². The second-order valence-corrected chi connectivity index (χ2v) is 7.01. The Kier molecular flexibility index (Phi) is 6.21. The van der Waals surface area contributed by atoms with E-state index in [1.165, 1.54) is 9.36 Å². The molecule has 0 bridgehead atoms. The molecular weight excluding hydrogens is 444 g/mol. The Morgan fingerprint density at radius 2 is 1.06 bits per heavy atom. The van der Waals surface area contributed by atoms with E-state index in [0.717, 1.165) is 0 Å². The smallest absolute Gasteiger partial charge is 0.286 e. The van der Waals surface area contributed by atoms with Crippen LogP contribution in [0.5, 0.6) is 23.4 Å². The standard InChI is InChI=1S/C22H20N6O6/c1-13(19-21(29)33-25-27(19)15-5-9-17(31-3)10-6-15)23-24-14(2)20-22(30)34-26-28(20)16-7-11-18(32-4)12-8-16/h5-12H,1-4H3. The van der Waals surface area contributed by atoms with Gasteiger partial charge in [0.25, 0.3) is 11.4 Å². The van der Waals surface area contributed by atoms with Gasteiger partial charge in [0.05, 0.1) is 24.8 Å². The minimum absolute atomic E-state index is 0.0809. The zero-order valence-corrected chi connectivity index (χ0v) is 18.8. The average Bonchev–Trinajstić information content (AvgIpc) is 3.45. The Bertz CT molecular complexity index is 1250. The van der Waals surface area contributed by atoms with Gasteiger partial charge in [-0.2, -0.15) is 0 Å². The van der Waals surface area contributed by atoms with Crippen LogP contribution in [0.4, 0.5) is 0 Å². The average molecular weight is 464 g/mol. The van der Waals surface area contributed by atoms with Crippen LogP contribution in [-0.2, 0) is 0 Å². The molecule has 34 heavy (non-hydrogen) atoms. The van der Waals surface area contributed by atoms with Crippen molar-refractivity contribution in [2.24, 2.45) is 10.2 Å². The highest BCUT2D eigenvalue weighted by atomic mass is 16.6. The van der Waals surface area contributed by atoms with Crippen molar-refractivity contribution < 1.29 is 38.1 Å². The molecule has 0 radical (unpaired) electrons. The highest BCUT2D eigenvalue weighted by Crippen LogP contribution is 2.17. The molecule has 174 valence electrons. The minimum Gasteiger partial charge on any atom is -0.539 e. The molecule has 0 aliphatic carbocycles. The number of methoxy groups -OCH3 is 2. The van der Waals surface area contributed by atoms with Gasteiger partial charge in [-0.25, -0.2) is 0 Å². The fourth-order valence-electron chi connectivity index (χ4n) is 3.14. The second kappa shape index (κ2) is 9.40. The zero-order chi connectivity index (χ0) is 24.2. The van der Waals surface area contributed by atoms with Crippen molar-refractivity contribution in [3.05, 3.63) is 59.9 Å². The number of hydrogen-bond donors (Lipinski definition) is 0. The Hall–Kier alpha value is -4.74. The molecule has 12 nitrogen and oxygen atoms in total. The van der Waals surface area contributed by atoms with Crippen LogP contribution < -0.4 is 29.1 Å². The van der Waals surface area contributed by atoms with E-state index in [4.69, 9.17) is 18.5 Å². The SMILES string of the molecule is COc1ccc(-[n+]2noc([O-])c2/C(C)=N/N=C(\C)c2c([O-])on[n+]2-c2ccc(OC)cc2)cc1. The maximum absolute atomic E-state index is 12.3. The van der Waals surface area contributed by atoms with Gasteiger partial charge in [0.2, 0.25) is 11.4 Å². The molecule has 0 amide bonds. The molecule has 0 aliphatic heterocycles. The van der Waals surface area contributed by atoms with Crippen LogP contribution in [-0.4, -0.2) is 36.2 Å². The first-order valence-electron chi connectivity index (χ1n) is 9.99. The van der Waals surface area contributed by atoms with Crippen molar-refractivity contribution in [2.75, 3.05) is 14.2 Å². The molecule has 0 N–H and O–H groups in total. The van der Waals surface area contributed by atoms with Gasteiger partial charge >= 0.3 is 0 Å². The quantitative estimate of drug-likeness (QED) is 0.219. The molecule has 0 saturated heterocycles. The lowest BCUT2D eigenvalue weighted by Gasteiger charge is -2.00. The van der Waals surface area contributed by atoms with E-state index < -0.39 is 11.9 Å². The normalized spacial score (nSPS) is 12.1. The molecule has 4 aromatic rings. The number of hydrogen-bond acceptors (Lipinski definition) is 10. The molecule has 2 aromatic heterocycles. The second-order valence-electron chi connectivity index (χ2n) is 7.01. The van der Waals surface area contributed by atoms with Crippen LogP contribution in [0.1, 0.15) is 25.2 Å². The van der Waals surface area contributed by atoms with Gasteiger partial charge in [-0.3, -0.25) is 0 Å². The van der Waals surface area contributed by atoms with Gasteiger partial charge in [0.15, 0.2) is 11.9 Å². The third-order valence-electron chi connectivity index (χ3n) is 4.89. The molecule has 2 aromatic carbocycles. The van der Waals surface area contributed by atoms with Crippen molar-refractivity contribution in [3.63, 3.8) is 0 Å². The van der Waals surface area contributed by atoms with Crippen LogP contribution >= 0.6 is 0 Å². The highest BCUT2D eigenvalue weighted by molar-refractivity contribution is 6.00. The number of nitrogens with zero attached hydrogens (tertiary/aromatic N) is 6. The molecule has 0 unspecified atom stereocenters. The van der Waals surface area contributed by atoms with Crippen LogP contribution in [0, 0.1) is 0 Å². The largest absolute Gasteiger partial charge is 0.539 e. The molecular formula is C22H20N6O6. The number of aromatic nitrogens is 4. The van der Waals surface area contributed by atoms with E-state index in [9.17, 15) is 10.2 Å². The summed E-state index contributed by atoms with van der Waals surface area (Å²) in [6.45, 7) is 3.15. The van der Waals surface area contributed by atoms with Crippen molar-refractivity contribution in [2.45, 2.75) is 13.8 Å². The summed E-state index contributed by atoms with van der Waals surface area (Å²) >= 11 is 0. The predicted octanol–water partition coefficient (Wildman–Crippen LogP) is 0.614. The lowest BCUT2D eigenvalue weighted by molar-refractivity contribution is -0.671. The Labute approximate surface area is 193 Å². The van der Waals surface area contributed by atoms with Gasteiger partial charge in [-0.1, -0.05) is 0 Å². The van der Waals surface area contributed by atoms with Gasteiger partial charge < -0.3 is 28.7 Å². The molecule has 0 spiro atoms. The Balaban J connectivity index is 1.68. The van der Waals surface area contributed by atoms with Crippen molar-refractivity contribution in [1.29, 1.82) is 0 Å². The number of benzene rings is 2. The van der Waals surface area contributed by atoms with E-state index >= 15 is 0 Å². The van der Waals surface area contributed by atoms with Crippen LogP contribution in [0.15, 0.2) is 67.8 Å². The first kappa shape index (κ1) is 22.5. The fraction of sp³-hybridized carbons (Fsp3) is 0.182. The Morgan fingerprint density at radius 1 is 0.706 bits per heavy atom. The molecule has 12 heteroatoms. The summed E-state index contributed by atoms with van der Waals surface area (Å²) in [5, 5.41) is 40.4. The van der Waals surface area contributed by atoms with Crippen molar-refractivity contribution in [1.82, 2.24) is 10.5 Å². The fourth-order valence-corrected chi connectivity index (χ4v) is 3.14. The maximum atomic E-state index is 12.3. The van der Waals surface area contributed by atoms with E-state index in [2.05, 4.69) is 20.7 Å². The molecule has 0 fully saturated rings. The summed E-state index contributed by atoms with van der Waals surface area (Å²) in [6, 6.07) is 13.7. The van der Waals surface area contributed by atoms with E-state index in [1.54, 1.807) is 76.6 Å². The third kappa shape index (κ3) is 4.28. The summed E-state index contributed by atoms with van der Waals surface area (Å²) in [5.74, 6) is -0.0789. The summed E-state index contributed by atoms with van der Waals surface area (Å²) in [7, 11) is 3.11. The zero-order valence-electron chi connectivity index (χ0n) is 18.8. The van der Waals surface area contributed by atoms with Crippen molar-refractivity contribution in [3.8, 4) is 34.8 Å². The lowest BCUT2D eigenvalue weighted by Crippen LogP contribution is -2.39. The van der Waals surface area contributed by atoms with Gasteiger partial charge in [0, 0.05) is 24.3 Å².